The topological polar surface area (TPSA) is 12.9 Å². The van der Waals surface area contributed by atoms with E-state index in [9.17, 15) is 13.2 Å². The van der Waals surface area contributed by atoms with Gasteiger partial charge in [0.05, 0.1) is 5.56 Å². The first-order valence-electron chi connectivity index (χ1n) is 5.50. The lowest BCUT2D eigenvalue weighted by atomic mass is 9.95. The van der Waals surface area contributed by atoms with Crippen molar-refractivity contribution < 1.29 is 13.2 Å². The van der Waals surface area contributed by atoms with Gasteiger partial charge >= 0.3 is 6.18 Å². The van der Waals surface area contributed by atoms with E-state index in [2.05, 4.69) is 4.98 Å². The van der Waals surface area contributed by atoms with E-state index in [0.29, 0.717) is 11.3 Å². The summed E-state index contributed by atoms with van der Waals surface area (Å²) in [6.45, 7) is 3.51. The van der Waals surface area contributed by atoms with E-state index in [-0.39, 0.29) is 5.56 Å². The van der Waals surface area contributed by atoms with Gasteiger partial charge in [-0.3, -0.25) is 4.98 Å². The smallest absolute Gasteiger partial charge is 0.261 e. The quantitative estimate of drug-likeness (QED) is 0.732. The van der Waals surface area contributed by atoms with Crippen LogP contribution in [0.1, 0.15) is 16.8 Å². The molecule has 0 aliphatic heterocycles. The normalized spacial score (nSPS) is 11.6. The summed E-state index contributed by atoms with van der Waals surface area (Å²) in [5.74, 6) is 0. The summed E-state index contributed by atoms with van der Waals surface area (Å²) >= 11 is 0. The molecule has 0 spiro atoms. The summed E-state index contributed by atoms with van der Waals surface area (Å²) in [5.41, 5.74) is 1.52. The third-order valence-electron chi connectivity index (χ3n) is 2.85. The van der Waals surface area contributed by atoms with E-state index in [0.717, 1.165) is 11.6 Å². The molecule has 0 N–H and O–H groups in total. The molecule has 1 aromatic heterocycles. The van der Waals surface area contributed by atoms with Crippen molar-refractivity contribution in [2.75, 3.05) is 0 Å². The van der Waals surface area contributed by atoms with Crippen molar-refractivity contribution in [2.24, 2.45) is 0 Å². The minimum Gasteiger partial charge on any atom is -0.261 e. The Balaban J connectivity index is 2.73. The molecule has 1 nitrogen and oxygen atoms in total. The molecule has 94 valence electrons. The molecule has 0 aliphatic carbocycles. The van der Waals surface area contributed by atoms with Gasteiger partial charge in [-0.05, 0) is 37.1 Å². The number of aromatic nitrogens is 1. The molecule has 0 saturated heterocycles. The Kier molecular flexibility index (Phi) is 3.11. The van der Waals surface area contributed by atoms with E-state index >= 15 is 0 Å². The van der Waals surface area contributed by atoms with Crippen LogP contribution in [-0.4, -0.2) is 4.98 Å². The van der Waals surface area contributed by atoms with Crippen molar-refractivity contribution in [2.45, 2.75) is 20.0 Å². The molecule has 18 heavy (non-hydrogen) atoms. The lowest BCUT2D eigenvalue weighted by Gasteiger charge is -2.15. The van der Waals surface area contributed by atoms with Crippen LogP contribution < -0.4 is 0 Å². The lowest BCUT2D eigenvalue weighted by Crippen LogP contribution is -2.08. The number of hydrogen-bond donors (Lipinski definition) is 0. The van der Waals surface area contributed by atoms with Gasteiger partial charge in [0.25, 0.3) is 0 Å². The number of halogens is 3. The molecule has 0 amide bonds. The summed E-state index contributed by atoms with van der Waals surface area (Å²) in [6.07, 6.45) is -2.75. The van der Waals surface area contributed by atoms with Gasteiger partial charge in [-0.1, -0.05) is 18.2 Å². The summed E-state index contributed by atoms with van der Waals surface area (Å²) < 4.78 is 38.9. The molecule has 2 rings (SSSR count). The molecule has 0 bridgehead atoms. The Morgan fingerprint density at radius 1 is 1.00 bits per heavy atom. The zero-order valence-electron chi connectivity index (χ0n) is 10.0. The second-order valence-electron chi connectivity index (χ2n) is 4.13. The average Bonchev–Trinajstić information content (AvgIpc) is 2.28. The number of aryl methyl sites for hydroxylation is 2. The highest BCUT2D eigenvalue weighted by Crippen LogP contribution is 2.38. The Morgan fingerprint density at radius 3 is 2.28 bits per heavy atom. The van der Waals surface area contributed by atoms with Gasteiger partial charge in [0, 0.05) is 17.5 Å². The van der Waals surface area contributed by atoms with Crippen molar-refractivity contribution in [3.8, 4) is 11.1 Å². The van der Waals surface area contributed by atoms with E-state index < -0.39 is 11.7 Å². The molecule has 2 aromatic rings. The molecule has 0 fully saturated rings. The Morgan fingerprint density at radius 2 is 1.67 bits per heavy atom. The number of alkyl halides is 3. The van der Waals surface area contributed by atoms with Gasteiger partial charge in [0.2, 0.25) is 0 Å². The van der Waals surface area contributed by atoms with Crippen molar-refractivity contribution >= 4 is 0 Å². The Hall–Kier alpha value is -1.84. The van der Waals surface area contributed by atoms with Crippen LogP contribution in [0.4, 0.5) is 13.2 Å². The maximum Gasteiger partial charge on any atom is 0.417 e. The second-order valence-corrected chi connectivity index (χ2v) is 4.13. The largest absolute Gasteiger partial charge is 0.417 e. The van der Waals surface area contributed by atoms with Crippen molar-refractivity contribution in [3.05, 3.63) is 53.3 Å². The third-order valence-corrected chi connectivity index (χ3v) is 2.85. The van der Waals surface area contributed by atoms with Crippen molar-refractivity contribution in [3.63, 3.8) is 0 Å². The summed E-state index contributed by atoms with van der Waals surface area (Å²) in [4.78, 5) is 4.07. The van der Waals surface area contributed by atoms with Crippen LogP contribution in [0.2, 0.25) is 0 Å². The van der Waals surface area contributed by atoms with Crippen LogP contribution in [0, 0.1) is 13.8 Å². The highest BCUT2D eigenvalue weighted by atomic mass is 19.4. The number of rotatable bonds is 1. The van der Waals surface area contributed by atoms with Crippen LogP contribution in [0.15, 0.2) is 36.5 Å². The van der Waals surface area contributed by atoms with Crippen LogP contribution in [-0.2, 0) is 6.18 Å². The predicted molar refractivity (Wildman–Crippen MR) is 64.1 cm³/mol. The fourth-order valence-corrected chi connectivity index (χ4v) is 2.05. The molecule has 0 aliphatic rings. The van der Waals surface area contributed by atoms with Crippen molar-refractivity contribution in [1.82, 2.24) is 4.98 Å². The standard InChI is InChI=1S/C14H12F3N/c1-9-7-8-18-10(2)13(9)11-5-3-4-6-12(11)14(15,16)17/h3-8H,1-2H3. The molecule has 0 atom stereocenters. The minimum absolute atomic E-state index is 0.188. The third kappa shape index (κ3) is 2.23. The van der Waals surface area contributed by atoms with E-state index in [1.807, 2.05) is 0 Å². The van der Waals surface area contributed by atoms with Gasteiger partial charge < -0.3 is 0 Å². The first kappa shape index (κ1) is 12.6. The lowest BCUT2D eigenvalue weighted by molar-refractivity contribution is -0.137. The maximum absolute atomic E-state index is 13.0. The van der Waals surface area contributed by atoms with Crippen LogP contribution in [0.5, 0.6) is 0 Å². The molecule has 4 heteroatoms. The molecular weight excluding hydrogens is 239 g/mol. The minimum atomic E-state index is -4.36. The van der Waals surface area contributed by atoms with Gasteiger partial charge in [0.15, 0.2) is 0 Å². The number of hydrogen-bond acceptors (Lipinski definition) is 1. The second kappa shape index (κ2) is 4.44. The fraction of sp³-hybridized carbons (Fsp3) is 0.214. The van der Waals surface area contributed by atoms with E-state index in [1.165, 1.54) is 12.1 Å². The first-order chi connectivity index (χ1) is 8.41. The summed E-state index contributed by atoms with van der Waals surface area (Å²) in [5, 5.41) is 0. The van der Waals surface area contributed by atoms with Gasteiger partial charge in [-0.2, -0.15) is 13.2 Å². The summed E-state index contributed by atoms with van der Waals surface area (Å²) in [7, 11) is 0. The zero-order valence-corrected chi connectivity index (χ0v) is 10.0. The SMILES string of the molecule is Cc1ccnc(C)c1-c1ccccc1C(F)(F)F. The van der Waals surface area contributed by atoms with Gasteiger partial charge in [-0.15, -0.1) is 0 Å². The monoisotopic (exact) mass is 251 g/mol. The van der Waals surface area contributed by atoms with E-state index in [1.54, 1.807) is 32.2 Å². The molecule has 0 unspecified atom stereocenters. The molecule has 0 radical (unpaired) electrons. The van der Waals surface area contributed by atoms with E-state index in [4.69, 9.17) is 0 Å². The molecule has 1 aromatic carbocycles. The van der Waals surface area contributed by atoms with Crippen molar-refractivity contribution in [1.29, 1.82) is 0 Å². The highest BCUT2D eigenvalue weighted by molar-refractivity contribution is 5.72. The first-order valence-corrected chi connectivity index (χ1v) is 5.50. The number of pyridine rings is 1. The van der Waals surface area contributed by atoms with Crippen LogP contribution >= 0.6 is 0 Å². The zero-order chi connectivity index (χ0) is 13.3. The number of nitrogens with zero attached hydrogens (tertiary/aromatic N) is 1. The summed E-state index contributed by atoms with van der Waals surface area (Å²) in [6, 6.07) is 7.31. The maximum atomic E-state index is 13.0. The predicted octanol–water partition coefficient (Wildman–Crippen LogP) is 4.38. The molecule has 0 saturated carbocycles. The molecular formula is C14H12F3N. The van der Waals surface area contributed by atoms with Crippen LogP contribution in [0.3, 0.4) is 0 Å². The average molecular weight is 251 g/mol. The Labute approximate surface area is 103 Å². The fourth-order valence-electron chi connectivity index (χ4n) is 2.05. The van der Waals surface area contributed by atoms with Gasteiger partial charge in [-0.25, -0.2) is 0 Å². The Bertz CT molecular complexity index is 553. The van der Waals surface area contributed by atoms with Gasteiger partial charge in [0.1, 0.15) is 0 Å². The highest BCUT2D eigenvalue weighted by Gasteiger charge is 2.33. The number of benzene rings is 1. The van der Waals surface area contributed by atoms with Crippen LogP contribution in [0.25, 0.3) is 11.1 Å². The molecule has 1 heterocycles.